The maximum absolute atomic E-state index is 5.65. The Bertz CT molecular complexity index is 370. The molecule has 1 aliphatic rings. The minimum Gasteiger partial charge on any atom is -0.375 e. The van der Waals surface area contributed by atoms with Crippen molar-refractivity contribution >= 4 is 16.5 Å². The van der Waals surface area contributed by atoms with Crippen molar-refractivity contribution < 1.29 is 0 Å². The Morgan fingerprint density at radius 1 is 1.41 bits per heavy atom. The molecule has 0 unspecified atom stereocenters. The van der Waals surface area contributed by atoms with Crippen LogP contribution in [0, 0.1) is 0 Å². The second-order valence-corrected chi connectivity index (χ2v) is 6.21. The molecule has 2 N–H and O–H groups in total. The fourth-order valence-corrected chi connectivity index (χ4v) is 3.12. The molecule has 0 radical (unpaired) electrons. The maximum atomic E-state index is 5.65. The van der Waals surface area contributed by atoms with Crippen LogP contribution in [0.4, 0.5) is 5.13 Å². The number of rotatable bonds is 5. The Kier molecular flexibility index (Phi) is 3.70. The molecule has 1 aliphatic carbocycles. The normalized spacial score (nSPS) is 18.6. The zero-order chi connectivity index (χ0) is 12.5. The topological polar surface area (TPSA) is 45.4 Å². The highest BCUT2D eigenvalue weighted by atomic mass is 32.1. The van der Waals surface area contributed by atoms with Gasteiger partial charge in [-0.15, -0.1) is 11.3 Å². The Hall–Kier alpha value is -0.650. The lowest BCUT2D eigenvalue weighted by Gasteiger charge is -2.49. The molecule has 0 aliphatic heterocycles. The van der Waals surface area contributed by atoms with Gasteiger partial charge in [-0.25, -0.2) is 4.98 Å². The van der Waals surface area contributed by atoms with E-state index in [1.54, 1.807) is 0 Å². The summed E-state index contributed by atoms with van der Waals surface area (Å²) in [6, 6.07) is 0. The third-order valence-corrected chi connectivity index (χ3v) is 4.52. The molecule has 17 heavy (non-hydrogen) atoms. The van der Waals surface area contributed by atoms with Gasteiger partial charge in [0, 0.05) is 24.0 Å². The first-order chi connectivity index (χ1) is 8.02. The molecular formula is C12H22N4S. The summed E-state index contributed by atoms with van der Waals surface area (Å²) in [5.74, 6) is 0. The molecule has 1 heterocycles. The number of anilines is 1. The highest BCUT2D eigenvalue weighted by molar-refractivity contribution is 7.13. The third-order valence-electron chi connectivity index (χ3n) is 3.80. The van der Waals surface area contributed by atoms with Crippen LogP contribution >= 0.6 is 11.3 Å². The highest BCUT2D eigenvalue weighted by Gasteiger charge is 2.39. The monoisotopic (exact) mass is 254 g/mol. The Morgan fingerprint density at radius 3 is 2.53 bits per heavy atom. The number of hydrogen-bond donors (Lipinski definition) is 1. The molecule has 5 heteroatoms. The van der Waals surface area contributed by atoms with Gasteiger partial charge in [0.05, 0.1) is 5.69 Å². The number of hydrogen-bond acceptors (Lipinski definition) is 5. The van der Waals surface area contributed by atoms with Crippen LogP contribution in [-0.2, 0) is 6.54 Å². The summed E-state index contributed by atoms with van der Waals surface area (Å²) >= 11 is 1.52. The summed E-state index contributed by atoms with van der Waals surface area (Å²) in [5, 5.41) is 2.72. The average molecular weight is 254 g/mol. The van der Waals surface area contributed by atoms with Crippen LogP contribution in [0.5, 0.6) is 0 Å². The summed E-state index contributed by atoms with van der Waals surface area (Å²) in [6.45, 7) is 2.00. The molecule has 0 bridgehead atoms. The van der Waals surface area contributed by atoms with E-state index in [4.69, 9.17) is 5.73 Å². The van der Waals surface area contributed by atoms with Gasteiger partial charge in [-0.1, -0.05) is 0 Å². The van der Waals surface area contributed by atoms with Gasteiger partial charge in [-0.05, 0) is 40.4 Å². The van der Waals surface area contributed by atoms with Gasteiger partial charge in [0.15, 0.2) is 5.13 Å². The Morgan fingerprint density at radius 2 is 2.12 bits per heavy atom. The molecule has 96 valence electrons. The van der Waals surface area contributed by atoms with Crippen molar-refractivity contribution in [2.24, 2.45) is 0 Å². The lowest BCUT2D eigenvalue weighted by Crippen LogP contribution is -2.56. The van der Waals surface area contributed by atoms with Gasteiger partial charge in [0.25, 0.3) is 0 Å². The van der Waals surface area contributed by atoms with Gasteiger partial charge < -0.3 is 10.6 Å². The lowest BCUT2D eigenvalue weighted by atomic mass is 9.75. The van der Waals surface area contributed by atoms with Crippen LogP contribution in [0.2, 0.25) is 0 Å². The van der Waals surface area contributed by atoms with Crippen molar-refractivity contribution in [3.8, 4) is 0 Å². The predicted octanol–water partition coefficient (Wildman–Crippen LogP) is 1.64. The minimum absolute atomic E-state index is 0.385. The summed E-state index contributed by atoms with van der Waals surface area (Å²) in [6.07, 6.45) is 3.97. The zero-order valence-electron chi connectivity index (χ0n) is 10.9. The molecule has 4 nitrogen and oxygen atoms in total. The van der Waals surface area contributed by atoms with Gasteiger partial charge in [-0.3, -0.25) is 4.90 Å². The number of likely N-dealkylation sites (N-methyl/N-ethyl adjacent to an activating group) is 2. The first-order valence-electron chi connectivity index (χ1n) is 6.08. The van der Waals surface area contributed by atoms with Crippen molar-refractivity contribution in [3.63, 3.8) is 0 Å². The summed E-state index contributed by atoms with van der Waals surface area (Å²) < 4.78 is 0. The molecule has 1 aromatic heterocycles. The van der Waals surface area contributed by atoms with E-state index in [1.807, 2.05) is 0 Å². The summed E-state index contributed by atoms with van der Waals surface area (Å²) in [5.41, 5.74) is 7.12. The van der Waals surface area contributed by atoms with E-state index >= 15 is 0 Å². The average Bonchev–Trinajstić information content (AvgIpc) is 2.57. The third kappa shape index (κ3) is 2.78. The van der Waals surface area contributed by atoms with Crippen molar-refractivity contribution in [2.75, 3.05) is 33.4 Å². The molecule has 1 saturated carbocycles. The molecular weight excluding hydrogens is 232 g/mol. The van der Waals surface area contributed by atoms with Crippen molar-refractivity contribution in [3.05, 3.63) is 11.1 Å². The number of thiazole rings is 1. The van der Waals surface area contributed by atoms with Crippen LogP contribution in [0.25, 0.3) is 0 Å². The number of nitrogens with zero attached hydrogens (tertiary/aromatic N) is 3. The largest absolute Gasteiger partial charge is 0.375 e. The molecule has 1 aromatic rings. The SMILES string of the molecule is CN(Cc1csc(N)n1)CC1(N(C)C)CCC1. The molecule has 0 aromatic carbocycles. The zero-order valence-corrected chi connectivity index (χ0v) is 11.8. The predicted molar refractivity (Wildman–Crippen MR) is 73.1 cm³/mol. The van der Waals surface area contributed by atoms with Crippen molar-refractivity contribution in [2.45, 2.75) is 31.3 Å². The number of nitrogens with two attached hydrogens (primary N) is 1. The summed E-state index contributed by atoms with van der Waals surface area (Å²) in [7, 11) is 6.54. The fourth-order valence-electron chi connectivity index (χ4n) is 2.56. The van der Waals surface area contributed by atoms with E-state index < -0.39 is 0 Å². The quantitative estimate of drug-likeness (QED) is 0.867. The molecule has 1 fully saturated rings. The van der Waals surface area contributed by atoms with Crippen molar-refractivity contribution in [1.29, 1.82) is 0 Å². The molecule has 0 amide bonds. The van der Waals surface area contributed by atoms with E-state index in [0.717, 1.165) is 18.8 Å². The fraction of sp³-hybridized carbons (Fsp3) is 0.750. The van der Waals surface area contributed by atoms with Crippen LogP contribution in [0.15, 0.2) is 5.38 Å². The Balaban J connectivity index is 1.90. The Labute approximate surface area is 107 Å². The van der Waals surface area contributed by atoms with E-state index in [2.05, 4.69) is 41.3 Å². The number of aromatic nitrogens is 1. The summed E-state index contributed by atoms with van der Waals surface area (Å²) in [4.78, 5) is 9.04. The standard InChI is InChI=1S/C12H22N4S/c1-15(2)12(5-4-6-12)9-16(3)7-10-8-17-11(13)14-10/h8H,4-7,9H2,1-3H3,(H2,13,14). The van der Waals surface area contributed by atoms with Crippen LogP contribution in [0.1, 0.15) is 25.0 Å². The number of nitrogen functional groups attached to an aromatic ring is 1. The lowest BCUT2D eigenvalue weighted by molar-refractivity contribution is 0.0256. The van der Waals surface area contributed by atoms with Gasteiger partial charge >= 0.3 is 0 Å². The van der Waals surface area contributed by atoms with Crippen LogP contribution in [-0.4, -0.2) is 48.0 Å². The highest BCUT2D eigenvalue weighted by Crippen LogP contribution is 2.36. The molecule has 0 saturated heterocycles. The van der Waals surface area contributed by atoms with E-state index in [-0.39, 0.29) is 0 Å². The van der Waals surface area contributed by atoms with Gasteiger partial charge in [-0.2, -0.15) is 0 Å². The molecule has 0 atom stereocenters. The van der Waals surface area contributed by atoms with Gasteiger partial charge in [0.1, 0.15) is 0 Å². The molecule has 0 spiro atoms. The maximum Gasteiger partial charge on any atom is 0.180 e. The van der Waals surface area contributed by atoms with Crippen LogP contribution < -0.4 is 5.73 Å². The van der Waals surface area contributed by atoms with E-state index in [9.17, 15) is 0 Å². The minimum atomic E-state index is 0.385. The smallest absolute Gasteiger partial charge is 0.180 e. The van der Waals surface area contributed by atoms with E-state index in [0.29, 0.717) is 10.7 Å². The van der Waals surface area contributed by atoms with Gasteiger partial charge in [0.2, 0.25) is 0 Å². The molecule has 2 rings (SSSR count). The van der Waals surface area contributed by atoms with Crippen molar-refractivity contribution in [1.82, 2.24) is 14.8 Å². The second kappa shape index (κ2) is 4.92. The van der Waals surface area contributed by atoms with E-state index in [1.165, 1.54) is 30.6 Å². The van der Waals surface area contributed by atoms with Crippen LogP contribution in [0.3, 0.4) is 0 Å². The second-order valence-electron chi connectivity index (χ2n) is 5.32. The first-order valence-corrected chi connectivity index (χ1v) is 6.96. The first kappa shape index (κ1) is 12.8.